The smallest absolute Gasteiger partial charge is 0.00385 e. The van der Waals surface area contributed by atoms with Crippen LogP contribution in [0.25, 0.3) is 0 Å². The lowest BCUT2D eigenvalue weighted by molar-refractivity contribution is 0.188. The van der Waals surface area contributed by atoms with E-state index in [4.69, 9.17) is 0 Å². The highest BCUT2D eigenvalue weighted by Crippen LogP contribution is 2.38. The summed E-state index contributed by atoms with van der Waals surface area (Å²) >= 11 is 0. The maximum atomic E-state index is 3.50. The Hall–Kier alpha value is -0.0800. The molecule has 2 nitrogen and oxygen atoms in total. The Balaban J connectivity index is 2.49. The SMILES string of the molecule is CCNCCC1(CC)CCCN(C(C)C)CC1. The number of likely N-dealkylation sites (tertiary alicyclic amines) is 1. The van der Waals surface area contributed by atoms with Crippen LogP contribution in [0.4, 0.5) is 0 Å². The number of nitrogens with one attached hydrogen (secondary N) is 1. The van der Waals surface area contributed by atoms with Crippen LogP contribution in [0.3, 0.4) is 0 Å². The molecule has 0 spiro atoms. The van der Waals surface area contributed by atoms with Crippen LogP contribution in [0.2, 0.25) is 0 Å². The van der Waals surface area contributed by atoms with E-state index in [0.29, 0.717) is 5.41 Å². The molecule has 1 saturated heterocycles. The molecular weight excluding hydrogens is 208 g/mol. The third-order valence-electron chi connectivity index (χ3n) is 4.64. The van der Waals surface area contributed by atoms with Crippen LogP contribution < -0.4 is 5.32 Å². The Morgan fingerprint density at radius 1 is 1.18 bits per heavy atom. The minimum atomic E-state index is 0.617. The van der Waals surface area contributed by atoms with Crippen LogP contribution in [0.15, 0.2) is 0 Å². The molecule has 1 aliphatic rings. The average molecular weight is 240 g/mol. The van der Waals surface area contributed by atoms with Gasteiger partial charge in [-0.1, -0.05) is 20.3 Å². The number of hydrogen-bond acceptors (Lipinski definition) is 2. The van der Waals surface area contributed by atoms with E-state index in [2.05, 4.69) is 37.9 Å². The standard InChI is InChI=1S/C15H32N2/c1-5-15(9-11-16-6-2)8-7-12-17(13-10-15)14(3)4/h14,16H,5-13H2,1-4H3. The van der Waals surface area contributed by atoms with Gasteiger partial charge in [-0.05, 0) is 71.1 Å². The first-order chi connectivity index (χ1) is 8.13. The summed E-state index contributed by atoms with van der Waals surface area (Å²) in [5, 5.41) is 3.50. The third kappa shape index (κ3) is 4.59. The Bertz CT molecular complexity index is 203. The first-order valence-electron chi connectivity index (χ1n) is 7.58. The fourth-order valence-corrected chi connectivity index (χ4v) is 3.10. The zero-order valence-electron chi connectivity index (χ0n) is 12.4. The lowest BCUT2D eigenvalue weighted by Crippen LogP contribution is -2.33. The van der Waals surface area contributed by atoms with Crippen molar-refractivity contribution in [2.45, 2.75) is 65.8 Å². The molecule has 1 fully saturated rings. The molecule has 1 rings (SSSR count). The van der Waals surface area contributed by atoms with E-state index in [9.17, 15) is 0 Å². The van der Waals surface area contributed by atoms with Crippen LogP contribution in [-0.2, 0) is 0 Å². The molecule has 0 aromatic rings. The van der Waals surface area contributed by atoms with Crippen LogP contribution in [0.1, 0.15) is 59.8 Å². The van der Waals surface area contributed by atoms with Crippen molar-refractivity contribution < 1.29 is 0 Å². The molecule has 0 amide bonds. The molecule has 0 saturated carbocycles. The molecule has 102 valence electrons. The van der Waals surface area contributed by atoms with Gasteiger partial charge in [0, 0.05) is 6.04 Å². The molecule has 1 heterocycles. The summed E-state index contributed by atoms with van der Waals surface area (Å²) in [6.45, 7) is 14.2. The van der Waals surface area contributed by atoms with Crippen molar-refractivity contribution in [2.24, 2.45) is 5.41 Å². The Morgan fingerprint density at radius 2 is 1.94 bits per heavy atom. The molecular formula is C15H32N2. The molecule has 1 aliphatic heterocycles. The molecule has 0 aromatic heterocycles. The molecule has 0 radical (unpaired) electrons. The Morgan fingerprint density at radius 3 is 2.53 bits per heavy atom. The minimum Gasteiger partial charge on any atom is -0.317 e. The minimum absolute atomic E-state index is 0.617. The summed E-state index contributed by atoms with van der Waals surface area (Å²) in [5.74, 6) is 0. The summed E-state index contributed by atoms with van der Waals surface area (Å²) in [4.78, 5) is 2.66. The van der Waals surface area contributed by atoms with E-state index in [1.54, 1.807) is 0 Å². The lowest BCUT2D eigenvalue weighted by atomic mass is 9.75. The highest BCUT2D eigenvalue weighted by molar-refractivity contribution is 4.84. The van der Waals surface area contributed by atoms with Crippen molar-refractivity contribution >= 4 is 0 Å². The second-order valence-electron chi connectivity index (χ2n) is 5.94. The monoisotopic (exact) mass is 240 g/mol. The molecule has 1 atom stereocenters. The van der Waals surface area contributed by atoms with Gasteiger partial charge in [0.2, 0.25) is 0 Å². The van der Waals surface area contributed by atoms with Crippen molar-refractivity contribution in [2.75, 3.05) is 26.2 Å². The summed E-state index contributed by atoms with van der Waals surface area (Å²) in [5.41, 5.74) is 0.617. The van der Waals surface area contributed by atoms with Gasteiger partial charge in [-0.15, -0.1) is 0 Å². The highest BCUT2D eigenvalue weighted by atomic mass is 15.1. The maximum absolute atomic E-state index is 3.50. The molecule has 0 bridgehead atoms. The summed E-state index contributed by atoms with van der Waals surface area (Å²) in [7, 11) is 0. The van der Waals surface area contributed by atoms with Gasteiger partial charge < -0.3 is 10.2 Å². The Kier molecular flexibility index (Phi) is 6.50. The van der Waals surface area contributed by atoms with E-state index in [-0.39, 0.29) is 0 Å². The lowest BCUT2D eigenvalue weighted by Gasteiger charge is -2.32. The highest BCUT2D eigenvalue weighted by Gasteiger charge is 2.30. The molecule has 1 N–H and O–H groups in total. The fourth-order valence-electron chi connectivity index (χ4n) is 3.10. The van der Waals surface area contributed by atoms with E-state index in [1.165, 1.54) is 51.7 Å². The van der Waals surface area contributed by atoms with Gasteiger partial charge in [0.25, 0.3) is 0 Å². The van der Waals surface area contributed by atoms with Gasteiger partial charge in [0.15, 0.2) is 0 Å². The van der Waals surface area contributed by atoms with Crippen molar-refractivity contribution in [3.05, 3.63) is 0 Å². The molecule has 2 heteroatoms. The third-order valence-corrected chi connectivity index (χ3v) is 4.64. The Labute approximate surface area is 108 Å². The zero-order valence-corrected chi connectivity index (χ0v) is 12.4. The number of hydrogen-bond donors (Lipinski definition) is 1. The van der Waals surface area contributed by atoms with Gasteiger partial charge in [0.1, 0.15) is 0 Å². The van der Waals surface area contributed by atoms with E-state index in [1.807, 2.05) is 0 Å². The normalized spacial score (nSPS) is 27.4. The maximum Gasteiger partial charge on any atom is 0.00385 e. The first-order valence-corrected chi connectivity index (χ1v) is 7.58. The van der Waals surface area contributed by atoms with Gasteiger partial charge >= 0.3 is 0 Å². The van der Waals surface area contributed by atoms with Crippen LogP contribution in [-0.4, -0.2) is 37.1 Å². The van der Waals surface area contributed by atoms with Gasteiger partial charge in [0.05, 0.1) is 0 Å². The first kappa shape index (κ1) is 15.0. The summed E-state index contributed by atoms with van der Waals surface area (Å²) in [6.07, 6.45) is 6.93. The second-order valence-corrected chi connectivity index (χ2v) is 5.94. The van der Waals surface area contributed by atoms with E-state index in [0.717, 1.165) is 12.6 Å². The van der Waals surface area contributed by atoms with Gasteiger partial charge in [-0.2, -0.15) is 0 Å². The van der Waals surface area contributed by atoms with Gasteiger partial charge in [-0.3, -0.25) is 0 Å². The quantitative estimate of drug-likeness (QED) is 0.717. The second kappa shape index (κ2) is 7.38. The topological polar surface area (TPSA) is 15.3 Å². The van der Waals surface area contributed by atoms with Crippen molar-refractivity contribution in [3.8, 4) is 0 Å². The largest absolute Gasteiger partial charge is 0.317 e. The van der Waals surface area contributed by atoms with Gasteiger partial charge in [-0.25, -0.2) is 0 Å². The van der Waals surface area contributed by atoms with Crippen LogP contribution >= 0.6 is 0 Å². The fraction of sp³-hybridized carbons (Fsp3) is 1.00. The molecule has 0 aromatic carbocycles. The van der Waals surface area contributed by atoms with Crippen molar-refractivity contribution in [1.29, 1.82) is 0 Å². The predicted molar refractivity (Wildman–Crippen MR) is 76.4 cm³/mol. The zero-order chi connectivity index (χ0) is 12.7. The van der Waals surface area contributed by atoms with Crippen molar-refractivity contribution in [3.63, 3.8) is 0 Å². The predicted octanol–water partition coefficient (Wildman–Crippen LogP) is 3.28. The summed E-state index contributed by atoms with van der Waals surface area (Å²) in [6, 6.07) is 0.719. The van der Waals surface area contributed by atoms with E-state index >= 15 is 0 Å². The number of rotatable bonds is 6. The molecule has 1 unspecified atom stereocenters. The molecule has 0 aliphatic carbocycles. The summed E-state index contributed by atoms with van der Waals surface area (Å²) < 4.78 is 0. The van der Waals surface area contributed by atoms with Crippen molar-refractivity contribution in [1.82, 2.24) is 10.2 Å². The van der Waals surface area contributed by atoms with Crippen LogP contribution in [0, 0.1) is 5.41 Å². The van der Waals surface area contributed by atoms with E-state index < -0.39 is 0 Å². The number of nitrogens with zero attached hydrogens (tertiary/aromatic N) is 1. The average Bonchev–Trinajstić information content (AvgIpc) is 2.53. The van der Waals surface area contributed by atoms with Crippen LogP contribution in [0.5, 0.6) is 0 Å². The molecule has 17 heavy (non-hydrogen) atoms.